The van der Waals surface area contributed by atoms with Gasteiger partial charge in [0, 0.05) is 12.6 Å². The van der Waals surface area contributed by atoms with E-state index in [1.807, 2.05) is 6.07 Å². The van der Waals surface area contributed by atoms with Gasteiger partial charge < -0.3 is 19.7 Å². The molecule has 0 radical (unpaired) electrons. The highest BCUT2D eigenvalue weighted by atomic mass is 19.3. The second-order valence-electron chi connectivity index (χ2n) is 5.26. The highest BCUT2D eigenvalue weighted by Gasteiger charge is 2.32. The number of para-hydroxylation sites is 2. The molecule has 2 aromatic carbocycles. The van der Waals surface area contributed by atoms with Crippen molar-refractivity contribution in [2.45, 2.75) is 12.8 Å². The molecule has 0 unspecified atom stereocenters. The lowest BCUT2D eigenvalue weighted by atomic mass is 10.0. The smallest absolute Gasteiger partial charge is 0.387 e. The number of nitrogens with one attached hydrogen (secondary N) is 1. The number of benzene rings is 2. The Balaban J connectivity index is 2.08. The Morgan fingerprint density at radius 3 is 2.62 bits per heavy atom. The number of amides is 1. The largest absolute Gasteiger partial charge is 0.493 e. The first kappa shape index (κ1) is 16.0. The zero-order chi connectivity index (χ0) is 17.3. The minimum atomic E-state index is -3.00. The molecule has 1 aliphatic rings. The van der Waals surface area contributed by atoms with Gasteiger partial charge in [-0.2, -0.15) is 8.78 Å². The van der Waals surface area contributed by atoms with E-state index < -0.39 is 12.8 Å². The fourth-order valence-electron chi connectivity index (χ4n) is 2.82. The van der Waals surface area contributed by atoms with E-state index in [1.165, 1.54) is 13.2 Å². The molecule has 0 fully saturated rings. The number of nitrogens with zero attached hydrogens (tertiary/aromatic N) is 1. The maximum atomic E-state index is 12.8. The summed E-state index contributed by atoms with van der Waals surface area (Å²) in [5.74, 6) is -0.194. The van der Waals surface area contributed by atoms with E-state index in [1.54, 1.807) is 42.3 Å². The molecule has 1 amide bonds. The molecule has 1 atom stereocenters. The molecule has 5 nitrogen and oxygen atoms in total. The van der Waals surface area contributed by atoms with Gasteiger partial charge in [-0.15, -0.1) is 0 Å². The maximum absolute atomic E-state index is 12.8. The average molecular weight is 334 g/mol. The van der Waals surface area contributed by atoms with Crippen LogP contribution in [0.5, 0.6) is 11.5 Å². The fraction of sp³-hybridized carbons (Fsp3) is 0.235. The van der Waals surface area contributed by atoms with Gasteiger partial charge in [-0.3, -0.25) is 4.79 Å². The van der Waals surface area contributed by atoms with Crippen LogP contribution in [0.4, 0.5) is 14.5 Å². The highest BCUT2D eigenvalue weighted by molar-refractivity contribution is 6.02. The van der Waals surface area contributed by atoms with E-state index in [0.29, 0.717) is 16.8 Å². The summed E-state index contributed by atoms with van der Waals surface area (Å²) in [7, 11) is 3.14. The third-order valence-corrected chi connectivity index (χ3v) is 3.91. The van der Waals surface area contributed by atoms with Crippen molar-refractivity contribution < 1.29 is 23.0 Å². The predicted octanol–water partition coefficient (Wildman–Crippen LogP) is 3.18. The van der Waals surface area contributed by atoms with Gasteiger partial charge in [0.2, 0.25) is 0 Å². The number of rotatable bonds is 4. The van der Waals surface area contributed by atoms with Crippen molar-refractivity contribution in [3.63, 3.8) is 0 Å². The van der Waals surface area contributed by atoms with Crippen molar-refractivity contribution in [3.05, 3.63) is 53.6 Å². The summed E-state index contributed by atoms with van der Waals surface area (Å²) in [5, 5.41) is 2.81. The molecule has 1 N–H and O–H groups in total. The third kappa shape index (κ3) is 2.73. The number of halogens is 2. The van der Waals surface area contributed by atoms with Crippen LogP contribution in [0.3, 0.4) is 0 Å². The molecule has 3 rings (SSSR count). The number of fused-ring (bicyclic) bond motifs is 1. The molecule has 0 spiro atoms. The maximum Gasteiger partial charge on any atom is 0.387 e. The van der Waals surface area contributed by atoms with Crippen LogP contribution in [0.25, 0.3) is 0 Å². The standard InChI is InChI=1S/C17H16F2N2O3/c1-21-12-8-4-3-6-10(12)16(22)20-15(21)11-7-5-9-13(23-2)14(11)24-17(18)19/h3-9,15,17H,1-2H3,(H,20,22)/t15-/m1/s1. The van der Waals surface area contributed by atoms with Gasteiger partial charge in [-0.05, 0) is 18.2 Å². The second-order valence-corrected chi connectivity index (χ2v) is 5.26. The first-order valence-electron chi connectivity index (χ1n) is 7.27. The SMILES string of the molecule is COc1cccc([C@@H]2NC(=O)c3ccccc3N2C)c1OC(F)F. The Morgan fingerprint density at radius 1 is 1.17 bits per heavy atom. The van der Waals surface area contributed by atoms with Crippen LogP contribution >= 0.6 is 0 Å². The minimum absolute atomic E-state index is 0.0912. The molecular formula is C17H16F2N2O3. The minimum Gasteiger partial charge on any atom is -0.493 e. The number of carbonyl (C=O) groups excluding carboxylic acids is 1. The van der Waals surface area contributed by atoms with Gasteiger partial charge in [-0.25, -0.2) is 0 Å². The molecule has 0 saturated carbocycles. The first-order chi connectivity index (χ1) is 11.5. The molecule has 0 bridgehead atoms. The predicted molar refractivity (Wildman–Crippen MR) is 84.7 cm³/mol. The number of hydrogen-bond acceptors (Lipinski definition) is 4. The summed E-state index contributed by atoms with van der Waals surface area (Å²) in [5.41, 5.74) is 1.62. The van der Waals surface area contributed by atoms with Crippen LogP contribution in [0.15, 0.2) is 42.5 Å². The molecule has 1 heterocycles. The van der Waals surface area contributed by atoms with Crippen molar-refractivity contribution in [3.8, 4) is 11.5 Å². The Hall–Kier alpha value is -2.83. The van der Waals surface area contributed by atoms with Crippen LogP contribution < -0.4 is 19.7 Å². The van der Waals surface area contributed by atoms with Gasteiger partial charge in [-0.1, -0.05) is 24.3 Å². The van der Waals surface area contributed by atoms with E-state index in [0.717, 1.165) is 0 Å². The van der Waals surface area contributed by atoms with Gasteiger partial charge in [0.25, 0.3) is 5.91 Å². The normalized spacial score (nSPS) is 16.6. The lowest BCUT2D eigenvalue weighted by molar-refractivity contribution is -0.0520. The van der Waals surface area contributed by atoms with Crippen LogP contribution in [0.2, 0.25) is 0 Å². The summed E-state index contributed by atoms with van der Waals surface area (Å²) in [6.45, 7) is -3.00. The molecule has 7 heteroatoms. The number of hydrogen-bond donors (Lipinski definition) is 1. The third-order valence-electron chi connectivity index (χ3n) is 3.91. The summed E-state index contributed by atoms with van der Waals surface area (Å²) in [6.07, 6.45) is -0.656. The summed E-state index contributed by atoms with van der Waals surface area (Å²) in [6, 6.07) is 11.9. The summed E-state index contributed by atoms with van der Waals surface area (Å²) < 4.78 is 35.4. The fourth-order valence-corrected chi connectivity index (χ4v) is 2.82. The van der Waals surface area contributed by atoms with E-state index in [4.69, 9.17) is 4.74 Å². The highest BCUT2D eigenvalue weighted by Crippen LogP contribution is 2.40. The molecule has 0 aromatic heterocycles. The van der Waals surface area contributed by atoms with Gasteiger partial charge in [0.1, 0.15) is 6.17 Å². The van der Waals surface area contributed by atoms with Crippen molar-refractivity contribution in [2.75, 3.05) is 19.1 Å². The number of anilines is 1. The average Bonchev–Trinajstić information content (AvgIpc) is 2.58. The quantitative estimate of drug-likeness (QED) is 0.933. The number of carbonyl (C=O) groups is 1. The monoisotopic (exact) mass is 334 g/mol. The molecule has 2 aromatic rings. The van der Waals surface area contributed by atoms with E-state index in [9.17, 15) is 13.6 Å². The van der Waals surface area contributed by atoms with Crippen molar-refractivity contribution in [1.29, 1.82) is 0 Å². The van der Waals surface area contributed by atoms with E-state index in [-0.39, 0.29) is 17.4 Å². The Kier molecular flexibility index (Phi) is 4.24. The number of alkyl halides is 2. The van der Waals surface area contributed by atoms with E-state index in [2.05, 4.69) is 10.1 Å². The molecule has 0 aliphatic carbocycles. The zero-order valence-corrected chi connectivity index (χ0v) is 13.1. The molecule has 24 heavy (non-hydrogen) atoms. The van der Waals surface area contributed by atoms with Crippen molar-refractivity contribution in [2.24, 2.45) is 0 Å². The topological polar surface area (TPSA) is 50.8 Å². The van der Waals surface area contributed by atoms with E-state index >= 15 is 0 Å². The Labute approximate surface area is 137 Å². The second kappa shape index (κ2) is 6.35. The molecule has 0 saturated heterocycles. The van der Waals surface area contributed by atoms with Gasteiger partial charge in [0.05, 0.1) is 18.4 Å². The van der Waals surface area contributed by atoms with Gasteiger partial charge in [0.15, 0.2) is 11.5 Å². The van der Waals surface area contributed by atoms with Crippen LogP contribution in [-0.4, -0.2) is 26.7 Å². The lowest BCUT2D eigenvalue weighted by Crippen LogP contribution is -2.44. The molecule has 126 valence electrons. The lowest BCUT2D eigenvalue weighted by Gasteiger charge is -2.37. The first-order valence-corrected chi connectivity index (χ1v) is 7.27. The molecular weight excluding hydrogens is 318 g/mol. The number of methoxy groups -OCH3 is 1. The summed E-state index contributed by atoms with van der Waals surface area (Å²) in [4.78, 5) is 14.1. The van der Waals surface area contributed by atoms with Crippen LogP contribution in [0.1, 0.15) is 22.1 Å². The molecule has 1 aliphatic heterocycles. The van der Waals surface area contributed by atoms with Crippen LogP contribution in [-0.2, 0) is 0 Å². The van der Waals surface area contributed by atoms with Crippen molar-refractivity contribution in [1.82, 2.24) is 5.32 Å². The van der Waals surface area contributed by atoms with Crippen molar-refractivity contribution >= 4 is 11.6 Å². The zero-order valence-electron chi connectivity index (χ0n) is 13.1. The Morgan fingerprint density at radius 2 is 1.92 bits per heavy atom. The number of ether oxygens (including phenoxy) is 2. The van der Waals surface area contributed by atoms with Gasteiger partial charge >= 0.3 is 6.61 Å². The van der Waals surface area contributed by atoms with Crippen LogP contribution in [0, 0.1) is 0 Å². The Bertz CT molecular complexity index is 767. The summed E-state index contributed by atoms with van der Waals surface area (Å²) >= 11 is 0.